The van der Waals surface area contributed by atoms with Gasteiger partial charge in [-0.05, 0) is 44.4 Å². The summed E-state index contributed by atoms with van der Waals surface area (Å²) in [7, 11) is 0. The Morgan fingerprint density at radius 2 is 2.08 bits per heavy atom. The molecule has 130 valence electrons. The SMILES string of the molecule is CC(C)(C)n1ncc2c(=O)[nH]c(N3CCc4cccc(Br)c4C3)nc21. The first-order valence-corrected chi connectivity index (χ1v) is 9.13. The molecule has 0 amide bonds. The second-order valence-corrected chi connectivity index (χ2v) is 8.26. The molecule has 1 aliphatic rings. The summed E-state index contributed by atoms with van der Waals surface area (Å²) in [5.74, 6) is 0.602. The normalized spacial score (nSPS) is 14.8. The Bertz CT molecular complexity index is 1010. The molecule has 1 N–H and O–H groups in total. The molecule has 2 aromatic heterocycles. The number of benzene rings is 1. The Morgan fingerprint density at radius 1 is 1.28 bits per heavy atom. The summed E-state index contributed by atoms with van der Waals surface area (Å²) in [6.45, 7) is 7.69. The van der Waals surface area contributed by atoms with Crippen LogP contribution < -0.4 is 10.5 Å². The van der Waals surface area contributed by atoms with Gasteiger partial charge in [0.2, 0.25) is 5.95 Å². The van der Waals surface area contributed by atoms with Crippen LogP contribution in [0.3, 0.4) is 0 Å². The quantitative estimate of drug-likeness (QED) is 0.679. The van der Waals surface area contributed by atoms with E-state index in [1.807, 2.05) is 4.68 Å². The third-order valence-electron chi connectivity index (χ3n) is 4.58. The zero-order valence-corrected chi connectivity index (χ0v) is 16.1. The van der Waals surface area contributed by atoms with Gasteiger partial charge in [0.15, 0.2) is 5.65 Å². The van der Waals surface area contributed by atoms with E-state index in [-0.39, 0.29) is 11.1 Å². The van der Waals surface area contributed by atoms with Crippen molar-refractivity contribution in [1.82, 2.24) is 19.7 Å². The number of nitrogens with zero attached hydrogens (tertiary/aromatic N) is 4. The molecule has 3 heterocycles. The monoisotopic (exact) mass is 401 g/mol. The zero-order chi connectivity index (χ0) is 17.8. The summed E-state index contributed by atoms with van der Waals surface area (Å²) in [6.07, 6.45) is 2.52. The summed E-state index contributed by atoms with van der Waals surface area (Å²) in [5.41, 5.74) is 2.84. The van der Waals surface area contributed by atoms with Crippen LogP contribution in [0.4, 0.5) is 5.95 Å². The highest BCUT2D eigenvalue weighted by Crippen LogP contribution is 2.28. The summed E-state index contributed by atoms with van der Waals surface area (Å²) in [4.78, 5) is 22.3. The Hall–Kier alpha value is -2.15. The summed E-state index contributed by atoms with van der Waals surface area (Å²) in [5, 5.41) is 4.90. The first-order chi connectivity index (χ1) is 11.8. The average Bonchev–Trinajstić information content (AvgIpc) is 3.00. The van der Waals surface area contributed by atoms with Gasteiger partial charge in [-0.1, -0.05) is 28.1 Å². The number of fused-ring (bicyclic) bond motifs is 2. The van der Waals surface area contributed by atoms with Crippen LogP contribution in [0.25, 0.3) is 11.0 Å². The van der Waals surface area contributed by atoms with Gasteiger partial charge >= 0.3 is 0 Å². The van der Waals surface area contributed by atoms with Crippen molar-refractivity contribution in [1.29, 1.82) is 0 Å². The molecule has 0 saturated carbocycles. The maximum absolute atomic E-state index is 12.5. The van der Waals surface area contributed by atoms with E-state index in [9.17, 15) is 4.79 Å². The molecule has 1 aliphatic heterocycles. The van der Waals surface area contributed by atoms with E-state index in [2.05, 4.69) is 69.9 Å². The van der Waals surface area contributed by atoms with Crippen molar-refractivity contribution < 1.29 is 0 Å². The van der Waals surface area contributed by atoms with Crippen LogP contribution in [0.1, 0.15) is 31.9 Å². The van der Waals surface area contributed by atoms with Gasteiger partial charge in [-0.25, -0.2) is 4.68 Å². The van der Waals surface area contributed by atoms with E-state index in [0.717, 1.165) is 24.0 Å². The predicted molar refractivity (Wildman–Crippen MR) is 102 cm³/mol. The largest absolute Gasteiger partial charge is 0.338 e. The number of nitrogens with one attached hydrogen (secondary N) is 1. The average molecular weight is 402 g/mol. The summed E-state index contributed by atoms with van der Waals surface area (Å²) >= 11 is 3.63. The molecule has 0 saturated heterocycles. The maximum atomic E-state index is 12.5. The van der Waals surface area contributed by atoms with Gasteiger partial charge in [0, 0.05) is 17.6 Å². The number of hydrogen-bond donors (Lipinski definition) is 1. The van der Waals surface area contributed by atoms with E-state index < -0.39 is 0 Å². The molecular formula is C18H20BrN5O. The van der Waals surface area contributed by atoms with E-state index in [1.165, 1.54) is 11.1 Å². The second-order valence-electron chi connectivity index (χ2n) is 7.40. The summed E-state index contributed by atoms with van der Waals surface area (Å²) in [6, 6.07) is 6.27. The molecule has 4 rings (SSSR count). The zero-order valence-electron chi connectivity index (χ0n) is 14.5. The third-order valence-corrected chi connectivity index (χ3v) is 5.32. The van der Waals surface area contributed by atoms with Gasteiger partial charge in [-0.15, -0.1) is 0 Å². The standard InChI is InChI=1S/C18H20BrN5O/c1-18(2,3)24-15-12(9-20-24)16(25)22-17(21-15)23-8-7-11-5-4-6-14(19)13(11)10-23/h4-6,9H,7-8,10H2,1-3H3,(H,21,22,25). The lowest BCUT2D eigenvalue weighted by molar-refractivity contribution is 0.366. The fourth-order valence-corrected chi connectivity index (χ4v) is 3.80. The molecule has 0 fully saturated rings. The van der Waals surface area contributed by atoms with Gasteiger partial charge in [-0.3, -0.25) is 9.78 Å². The lowest BCUT2D eigenvalue weighted by atomic mass is 10.0. The van der Waals surface area contributed by atoms with Crippen LogP contribution in [0.2, 0.25) is 0 Å². The molecular weight excluding hydrogens is 382 g/mol. The molecule has 0 atom stereocenters. The van der Waals surface area contributed by atoms with Crippen LogP contribution >= 0.6 is 15.9 Å². The van der Waals surface area contributed by atoms with Crippen molar-refractivity contribution in [3.8, 4) is 0 Å². The van der Waals surface area contributed by atoms with Gasteiger partial charge < -0.3 is 4.90 Å². The highest BCUT2D eigenvalue weighted by atomic mass is 79.9. The number of anilines is 1. The molecule has 25 heavy (non-hydrogen) atoms. The predicted octanol–water partition coefficient (Wildman–Crippen LogP) is 3.20. The minimum absolute atomic E-state index is 0.145. The topological polar surface area (TPSA) is 66.8 Å². The smallest absolute Gasteiger partial charge is 0.263 e. The first kappa shape index (κ1) is 16.3. The molecule has 3 aromatic rings. The van der Waals surface area contributed by atoms with Crippen molar-refractivity contribution >= 4 is 32.9 Å². The van der Waals surface area contributed by atoms with Crippen LogP contribution in [0, 0.1) is 0 Å². The van der Waals surface area contributed by atoms with E-state index >= 15 is 0 Å². The fraction of sp³-hybridized carbons (Fsp3) is 0.389. The highest BCUT2D eigenvalue weighted by Gasteiger charge is 2.23. The van der Waals surface area contributed by atoms with Gasteiger partial charge in [0.1, 0.15) is 5.39 Å². The van der Waals surface area contributed by atoms with E-state index in [4.69, 9.17) is 4.98 Å². The van der Waals surface area contributed by atoms with Crippen molar-refractivity contribution in [3.05, 3.63) is 50.3 Å². The van der Waals surface area contributed by atoms with Crippen molar-refractivity contribution in [2.75, 3.05) is 11.4 Å². The number of halogens is 1. The number of aromatic nitrogens is 4. The lowest BCUT2D eigenvalue weighted by Crippen LogP contribution is -2.33. The Kier molecular flexibility index (Phi) is 3.72. The minimum atomic E-state index is -0.239. The van der Waals surface area contributed by atoms with Crippen LogP contribution in [0.15, 0.2) is 33.7 Å². The Morgan fingerprint density at radius 3 is 2.84 bits per heavy atom. The molecule has 0 unspecified atom stereocenters. The molecule has 0 aliphatic carbocycles. The molecule has 0 bridgehead atoms. The minimum Gasteiger partial charge on any atom is -0.338 e. The van der Waals surface area contributed by atoms with Crippen molar-refractivity contribution in [2.45, 2.75) is 39.3 Å². The number of aromatic amines is 1. The fourth-order valence-electron chi connectivity index (χ4n) is 3.27. The third kappa shape index (κ3) is 2.76. The molecule has 0 spiro atoms. The van der Waals surface area contributed by atoms with E-state index in [1.54, 1.807) is 6.20 Å². The number of hydrogen-bond acceptors (Lipinski definition) is 4. The Balaban J connectivity index is 1.80. The van der Waals surface area contributed by atoms with Crippen molar-refractivity contribution in [2.24, 2.45) is 0 Å². The van der Waals surface area contributed by atoms with Gasteiger partial charge in [0.05, 0.1) is 11.7 Å². The molecule has 7 heteroatoms. The number of rotatable bonds is 1. The first-order valence-electron chi connectivity index (χ1n) is 8.34. The number of H-pyrrole nitrogens is 1. The summed E-state index contributed by atoms with van der Waals surface area (Å²) < 4.78 is 2.91. The van der Waals surface area contributed by atoms with E-state index in [0.29, 0.717) is 17.0 Å². The van der Waals surface area contributed by atoms with Crippen LogP contribution in [-0.2, 0) is 18.5 Å². The highest BCUT2D eigenvalue weighted by molar-refractivity contribution is 9.10. The Labute approximate surface area is 154 Å². The molecule has 1 aromatic carbocycles. The second kappa shape index (κ2) is 5.69. The molecule has 0 radical (unpaired) electrons. The van der Waals surface area contributed by atoms with Crippen LogP contribution in [-0.4, -0.2) is 26.3 Å². The molecule has 6 nitrogen and oxygen atoms in total. The van der Waals surface area contributed by atoms with Crippen molar-refractivity contribution in [3.63, 3.8) is 0 Å². The van der Waals surface area contributed by atoms with Crippen LogP contribution in [0.5, 0.6) is 0 Å². The van der Waals surface area contributed by atoms with Gasteiger partial charge in [0.25, 0.3) is 5.56 Å². The maximum Gasteiger partial charge on any atom is 0.263 e. The van der Waals surface area contributed by atoms with Gasteiger partial charge in [-0.2, -0.15) is 10.1 Å². The lowest BCUT2D eigenvalue weighted by Gasteiger charge is -2.30.